The van der Waals surface area contributed by atoms with Crippen LogP contribution in [-0.2, 0) is 21.8 Å². The van der Waals surface area contributed by atoms with Crippen molar-refractivity contribution < 1.29 is 19.0 Å². The van der Waals surface area contributed by atoms with Crippen LogP contribution in [0.1, 0.15) is 42.2 Å². The fourth-order valence-corrected chi connectivity index (χ4v) is 6.43. The van der Waals surface area contributed by atoms with Gasteiger partial charge in [0.15, 0.2) is 0 Å². The van der Waals surface area contributed by atoms with Gasteiger partial charge in [-0.3, -0.25) is 9.48 Å². The minimum Gasteiger partial charge on any atom is -0.491 e. The molecule has 2 aliphatic heterocycles. The van der Waals surface area contributed by atoms with Crippen LogP contribution >= 0.6 is 0 Å². The van der Waals surface area contributed by atoms with E-state index in [1.807, 2.05) is 50.4 Å². The molecule has 1 unspecified atom stereocenters. The first kappa shape index (κ1) is 33.1. The SMILES string of the molecule is CCC(C)n1ncn(-c2ccc(N3CCN(c4ccc(OC[C@@H]5CO[C@@](Cn6cccn6)(c6ccc(C(N)=O)cc6)O5)cc4)CC3)cc2)c1=O. The van der Waals surface area contributed by atoms with Crippen LogP contribution in [0, 0.1) is 0 Å². The van der Waals surface area contributed by atoms with Gasteiger partial charge < -0.3 is 29.7 Å². The van der Waals surface area contributed by atoms with E-state index >= 15 is 0 Å². The average molecular weight is 679 g/mol. The maximum atomic E-state index is 12.8. The van der Waals surface area contributed by atoms with Crippen LogP contribution in [-0.4, -0.2) is 75.5 Å². The van der Waals surface area contributed by atoms with Crippen molar-refractivity contribution in [3.8, 4) is 11.4 Å². The number of benzene rings is 3. The lowest BCUT2D eigenvalue weighted by Gasteiger charge is -2.37. The number of rotatable bonds is 12. The van der Waals surface area contributed by atoms with Gasteiger partial charge in [-0.15, -0.1) is 0 Å². The number of carbonyl (C=O) groups excluding carboxylic acids is 1. The monoisotopic (exact) mass is 678 g/mol. The van der Waals surface area contributed by atoms with Crippen LogP contribution in [0.25, 0.3) is 5.69 Å². The molecule has 5 aromatic rings. The summed E-state index contributed by atoms with van der Waals surface area (Å²) < 4.78 is 23.8. The number of hydrogen-bond donors (Lipinski definition) is 1. The minimum absolute atomic E-state index is 0.0625. The average Bonchev–Trinajstić information content (AvgIpc) is 3.92. The zero-order valence-corrected chi connectivity index (χ0v) is 28.3. The van der Waals surface area contributed by atoms with E-state index in [4.69, 9.17) is 19.9 Å². The van der Waals surface area contributed by atoms with Gasteiger partial charge in [0.2, 0.25) is 11.7 Å². The summed E-state index contributed by atoms with van der Waals surface area (Å²) in [5, 5.41) is 8.63. The summed E-state index contributed by atoms with van der Waals surface area (Å²) in [5.41, 5.74) is 9.59. The molecule has 2 fully saturated rings. The second-order valence-corrected chi connectivity index (χ2v) is 12.7. The standard InChI is InChI=1S/C37H42N8O5/c1-3-27(2)45-36(47)44(26-40-45)32-11-9-30(10-12-32)41-19-21-42(22-20-41)31-13-15-33(16-14-31)48-23-34-24-49-37(50-34,25-43-18-4-17-39-43)29-7-5-28(6-8-29)35(38)46/h4-18,26-27,34H,3,19-25H2,1-2H3,(H2,38,46)/t27?,34-,37-/m1/s1. The van der Waals surface area contributed by atoms with Crippen LogP contribution < -0.4 is 26.0 Å². The Bertz CT molecular complexity index is 1930. The lowest BCUT2D eigenvalue weighted by molar-refractivity contribution is -0.190. The van der Waals surface area contributed by atoms with E-state index in [-0.39, 0.29) is 17.8 Å². The van der Waals surface area contributed by atoms with Gasteiger partial charge in [0, 0.05) is 61.1 Å². The number of anilines is 2. The molecule has 13 nitrogen and oxygen atoms in total. The van der Waals surface area contributed by atoms with Gasteiger partial charge in [-0.05, 0) is 80.1 Å². The summed E-state index contributed by atoms with van der Waals surface area (Å²) in [7, 11) is 0. The van der Waals surface area contributed by atoms with E-state index in [0.717, 1.165) is 61.0 Å². The first-order chi connectivity index (χ1) is 24.3. The molecule has 2 saturated heterocycles. The summed E-state index contributed by atoms with van der Waals surface area (Å²) in [6.45, 7) is 8.57. The largest absolute Gasteiger partial charge is 0.491 e. The van der Waals surface area contributed by atoms with Gasteiger partial charge in [-0.25, -0.2) is 14.0 Å². The highest BCUT2D eigenvalue weighted by molar-refractivity contribution is 5.92. The molecular weight excluding hydrogens is 636 g/mol. The van der Waals surface area contributed by atoms with Gasteiger partial charge in [-0.2, -0.15) is 10.2 Å². The lowest BCUT2D eigenvalue weighted by Crippen LogP contribution is -2.46. The number of piperazine rings is 1. The third-order valence-corrected chi connectivity index (χ3v) is 9.51. The predicted molar refractivity (Wildman–Crippen MR) is 189 cm³/mol. The van der Waals surface area contributed by atoms with E-state index in [2.05, 4.69) is 44.3 Å². The van der Waals surface area contributed by atoms with Gasteiger partial charge in [-0.1, -0.05) is 19.1 Å². The smallest absolute Gasteiger partial charge is 0.350 e. The Labute approximate surface area is 290 Å². The van der Waals surface area contributed by atoms with Gasteiger partial charge in [0.1, 0.15) is 24.8 Å². The van der Waals surface area contributed by atoms with E-state index in [0.29, 0.717) is 25.3 Å². The second-order valence-electron chi connectivity index (χ2n) is 12.7. The van der Waals surface area contributed by atoms with E-state index in [9.17, 15) is 9.59 Å². The fraction of sp³-hybridized carbons (Fsp3) is 0.351. The number of nitrogens with zero attached hydrogens (tertiary/aromatic N) is 7. The van der Waals surface area contributed by atoms with E-state index in [1.54, 1.807) is 46.0 Å². The van der Waals surface area contributed by atoms with Crippen LogP contribution in [0.2, 0.25) is 0 Å². The van der Waals surface area contributed by atoms with Crippen LogP contribution in [0.4, 0.5) is 11.4 Å². The normalized spacial score (nSPS) is 19.8. The third kappa shape index (κ3) is 6.87. The highest BCUT2D eigenvalue weighted by Crippen LogP contribution is 2.36. The Morgan fingerprint density at radius 3 is 2.18 bits per heavy atom. The predicted octanol–water partition coefficient (Wildman–Crippen LogP) is 3.97. The Hall–Kier alpha value is -5.40. The number of carbonyl (C=O) groups is 1. The zero-order valence-electron chi connectivity index (χ0n) is 28.3. The van der Waals surface area contributed by atoms with E-state index in [1.165, 1.54) is 4.68 Å². The van der Waals surface area contributed by atoms with Crippen molar-refractivity contribution in [1.29, 1.82) is 0 Å². The van der Waals surface area contributed by atoms with E-state index < -0.39 is 11.7 Å². The van der Waals surface area contributed by atoms with Crippen molar-refractivity contribution in [2.24, 2.45) is 5.73 Å². The molecule has 260 valence electrons. The summed E-state index contributed by atoms with van der Waals surface area (Å²) in [5.74, 6) is -0.823. The Kier molecular flexibility index (Phi) is 9.42. The quantitative estimate of drug-likeness (QED) is 0.208. The molecule has 0 bridgehead atoms. The first-order valence-corrected chi connectivity index (χ1v) is 17.0. The molecule has 7 rings (SSSR count). The van der Waals surface area contributed by atoms with Gasteiger partial charge in [0.05, 0.1) is 24.9 Å². The molecule has 1 amide bonds. The molecule has 13 heteroatoms. The highest BCUT2D eigenvalue weighted by atomic mass is 16.8. The molecule has 0 spiro atoms. The minimum atomic E-state index is -1.08. The van der Waals surface area contributed by atoms with Crippen LogP contribution in [0.3, 0.4) is 0 Å². The molecular formula is C37H42N8O5. The molecule has 50 heavy (non-hydrogen) atoms. The third-order valence-electron chi connectivity index (χ3n) is 9.51. The molecule has 0 saturated carbocycles. The highest BCUT2D eigenvalue weighted by Gasteiger charge is 2.44. The van der Waals surface area contributed by atoms with Gasteiger partial charge >= 0.3 is 5.69 Å². The molecule has 4 heterocycles. The Balaban J connectivity index is 0.922. The number of nitrogens with two attached hydrogens (primary N) is 1. The second kappa shape index (κ2) is 14.2. The van der Waals surface area contributed by atoms with Crippen molar-refractivity contribution in [3.63, 3.8) is 0 Å². The molecule has 2 aromatic heterocycles. The first-order valence-electron chi connectivity index (χ1n) is 17.0. The summed E-state index contributed by atoms with van der Waals surface area (Å²) in [6, 6.07) is 25.1. The maximum Gasteiger partial charge on any atom is 0.350 e. The van der Waals surface area contributed by atoms with Crippen molar-refractivity contribution in [2.75, 3.05) is 49.2 Å². The number of amides is 1. The summed E-state index contributed by atoms with van der Waals surface area (Å²) >= 11 is 0. The number of aromatic nitrogens is 5. The molecule has 2 aliphatic rings. The van der Waals surface area contributed by atoms with Crippen molar-refractivity contribution in [1.82, 2.24) is 24.1 Å². The molecule has 3 atom stereocenters. The van der Waals surface area contributed by atoms with Crippen molar-refractivity contribution in [2.45, 2.75) is 44.7 Å². The molecule has 3 aromatic carbocycles. The van der Waals surface area contributed by atoms with Crippen molar-refractivity contribution >= 4 is 17.3 Å². The molecule has 0 aliphatic carbocycles. The lowest BCUT2D eigenvalue weighted by atomic mass is 10.0. The molecule has 2 N–H and O–H groups in total. The van der Waals surface area contributed by atoms with Crippen molar-refractivity contribution in [3.05, 3.63) is 119 Å². The number of primary amides is 1. The topological polar surface area (TPSA) is 135 Å². The number of ether oxygens (including phenoxy) is 3. The summed E-state index contributed by atoms with van der Waals surface area (Å²) in [6.07, 6.45) is 5.69. The Morgan fingerprint density at radius 1 is 0.940 bits per heavy atom. The van der Waals surface area contributed by atoms with Crippen LogP contribution in [0.5, 0.6) is 5.75 Å². The fourth-order valence-electron chi connectivity index (χ4n) is 6.43. The summed E-state index contributed by atoms with van der Waals surface area (Å²) in [4.78, 5) is 29.2. The zero-order chi connectivity index (χ0) is 34.7. The van der Waals surface area contributed by atoms with Crippen LogP contribution in [0.15, 0.2) is 102 Å². The molecule has 0 radical (unpaired) electrons. The maximum absolute atomic E-state index is 12.8. The van der Waals surface area contributed by atoms with Gasteiger partial charge in [0.25, 0.3) is 0 Å². The number of hydrogen-bond acceptors (Lipinski definition) is 9. The Morgan fingerprint density at radius 2 is 1.58 bits per heavy atom.